The lowest BCUT2D eigenvalue weighted by atomic mass is 9.92. The summed E-state index contributed by atoms with van der Waals surface area (Å²) in [5.41, 5.74) is 0.512. The van der Waals surface area contributed by atoms with Crippen molar-refractivity contribution < 1.29 is 53.0 Å². The summed E-state index contributed by atoms with van der Waals surface area (Å²) in [6.07, 6.45) is -11.4. The van der Waals surface area contributed by atoms with E-state index >= 15 is 0 Å². The summed E-state index contributed by atoms with van der Waals surface area (Å²) in [7, 11) is 0. The van der Waals surface area contributed by atoms with Gasteiger partial charge in [0.2, 0.25) is 5.91 Å². The molecule has 0 unspecified atom stereocenters. The van der Waals surface area contributed by atoms with Gasteiger partial charge in [-0.3, -0.25) is 9.59 Å². The van der Waals surface area contributed by atoms with Crippen molar-refractivity contribution in [2.45, 2.75) is 77.3 Å². The van der Waals surface area contributed by atoms with Gasteiger partial charge in [-0.05, 0) is 67.6 Å². The molecule has 3 aromatic rings. The van der Waals surface area contributed by atoms with Crippen LogP contribution in [-0.4, -0.2) is 71.7 Å². The van der Waals surface area contributed by atoms with Crippen molar-refractivity contribution in [2.75, 3.05) is 19.6 Å². The molecular formula is C37H48N4O5. The third-order valence-corrected chi connectivity index (χ3v) is 6.74. The molecule has 1 heterocycles. The predicted molar refractivity (Wildman–Crippen MR) is 180 cm³/mol. The molecular weight excluding hydrogens is 580 g/mol. The smallest absolute Gasteiger partial charge is 0.318 e. The van der Waals surface area contributed by atoms with Crippen LogP contribution in [0, 0.1) is 19.7 Å². The second-order valence-electron chi connectivity index (χ2n) is 10.2. The zero-order valence-corrected chi connectivity index (χ0v) is 25.0. The Kier molecular flexibility index (Phi) is 5.83. The predicted octanol–water partition coefficient (Wildman–Crippen LogP) is 4.33. The molecule has 46 heavy (non-hydrogen) atoms. The third-order valence-electron chi connectivity index (χ3n) is 6.74. The Morgan fingerprint density at radius 2 is 1.80 bits per heavy atom. The first-order valence-corrected chi connectivity index (χ1v) is 14.1. The van der Waals surface area contributed by atoms with E-state index in [0.717, 1.165) is 0 Å². The van der Waals surface area contributed by atoms with Crippen molar-refractivity contribution in [3.8, 4) is 5.75 Å². The average molecular weight is 650 g/mol. The molecule has 4 atom stereocenters. The Balaban J connectivity index is 1.99. The number of rotatable bonds is 15. The molecule has 0 spiro atoms. The summed E-state index contributed by atoms with van der Waals surface area (Å²) >= 11 is 0. The number of amides is 4. The molecule has 246 valence electrons. The number of hydrogen-bond donors (Lipinski definition) is 4. The van der Waals surface area contributed by atoms with Crippen LogP contribution >= 0.6 is 0 Å². The van der Waals surface area contributed by atoms with Crippen molar-refractivity contribution >= 4 is 17.8 Å². The number of benzene rings is 3. The molecule has 0 aromatic heterocycles. The highest BCUT2D eigenvalue weighted by Crippen LogP contribution is 2.22. The number of aliphatic hydroxyl groups is 1. The monoisotopic (exact) mass is 649 g/mol. The lowest BCUT2D eigenvalue weighted by Gasteiger charge is -2.37. The highest BCUT2D eigenvalue weighted by atomic mass is 16.5. The van der Waals surface area contributed by atoms with Crippen LogP contribution < -0.4 is 20.7 Å². The van der Waals surface area contributed by atoms with E-state index in [1.165, 1.54) is 5.32 Å². The van der Waals surface area contributed by atoms with Gasteiger partial charge in [0.1, 0.15) is 11.8 Å². The maximum Gasteiger partial charge on any atom is 0.318 e. The summed E-state index contributed by atoms with van der Waals surface area (Å²) in [4.78, 5) is 41.3. The molecule has 1 aliphatic heterocycles. The van der Waals surface area contributed by atoms with Gasteiger partial charge in [0.15, 0.2) is 6.61 Å². The zero-order chi connectivity index (χ0) is 51.4. The van der Waals surface area contributed by atoms with Gasteiger partial charge in [0, 0.05) is 39.6 Å². The topological polar surface area (TPSA) is 120 Å². The van der Waals surface area contributed by atoms with Crippen LogP contribution in [-0.2, 0) is 22.4 Å². The number of aliphatic hydroxyl groups excluding tert-OH is 1. The molecule has 4 N–H and O–H groups in total. The minimum atomic E-state index is -4.83. The van der Waals surface area contributed by atoms with Gasteiger partial charge >= 0.3 is 6.03 Å². The number of carbonyl (C=O) groups is 3. The maximum atomic E-state index is 15.0. The number of carbonyl (C=O) groups excluding carboxylic acids is 3. The quantitative estimate of drug-likeness (QED) is 0.196. The lowest BCUT2D eigenvalue weighted by molar-refractivity contribution is -0.128. The number of hydrogen-bond acceptors (Lipinski definition) is 5. The number of para-hydroxylation sites is 1. The fraction of sp³-hybridized carbons (Fsp3) is 0.432. The van der Waals surface area contributed by atoms with Crippen molar-refractivity contribution in [1.29, 1.82) is 0 Å². The molecule has 9 heteroatoms. The van der Waals surface area contributed by atoms with E-state index in [9.17, 15) is 23.6 Å². The Morgan fingerprint density at radius 3 is 2.50 bits per heavy atom. The van der Waals surface area contributed by atoms with Gasteiger partial charge in [0.05, 0.1) is 20.4 Å². The van der Waals surface area contributed by atoms with Crippen LogP contribution in [0.1, 0.15) is 77.5 Å². The summed E-state index contributed by atoms with van der Waals surface area (Å²) in [6.45, 7) is -14.3. The average Bonchev–Trinajstić information content (AvgIpc) is 3.19. The molecule has 1 aliphatic rings. The lowest BCUT2D eigenvalue weighted by Crippen LogP contribution is -2.59. The fourth-order valence-electron chi connectivity index (χ4n) is 4.61. The molecule has 1 fully saturated rings. The van der Waals surface area contributed by atoms with Crippen LogP contribution in [0.3, 0.4) is 0 Å². The summed E-state index contributed by atoms with van der Waals surface area (Å²) in [5, 5.41) is 17.7. The fourth-order valence-corrected chi connectivity index (χ4v) is 4.61. The Hall–Kier alpha value is -4.37. The van der Waals surface area contributed by atoms with Gasteiger partial charge in [-0.2, -0.15) is 0 Å². The third kappa shape index (κ3) is 9.81. The van der Waals surface area contributed by atoms with Gasteiger partial charge < -0.3 is 30.7 Å². The number of nitrogens with zero attached hydrogens (tertiary/aromatic N) is 1. The Morgan fingerprint density at radius 1 is 1.09 bits per heavy atom. The van der Waals surface area contributed by atoms with E-state index in [1.54, 1.807) is 67.7 Å². The largest absolute Gasteiger partial charge is 0.483 e. The summed E-state index contributed by atoms with van der Waals surface area (Å²) in [6, 6.07) is -3.98. The number of ether oxygens (including phenoxy) is 1. The van der Waals surface area contributed by atoms with Gasteiger partial charge in [-0.25, -0.2) is 4.79 Å². The molecule has 4 rings (SSSR count). The SMILES string of the molecule is [2H]c1c([2H])c([2H])c(C([2H])([2H])[C@@H](C[C@H](O)[C@H](Cc2ccccc2)NC(=O)COc2c(C)cccc2C)NC(=O)[C@@]([2H])(N2C(=O)NC([2H])([2H])C([2H])([2H])C2([2H])[2H])C([2H])(C([2H])([2H])[2H])C([2H])([2H])[2H])c([2H])c1[2H]. The number of urea groups is 1. The maximum absolute atomic E-state index is 15.0. The number of aryl methyl sites for hydroxylation is 2. The van der Waals surface area contributed by atoms with Crippen LogP contribution in [0.15, 0.2) is 78.7 Å². The van der Waals surface area contributed by atoms with Gasteiger partial charge in [-0.1, -0.05) is 92.4 Å². The van der Waals surface area contributed by atoms with Gasteiger partial charge in [-0.15, -0.1) is 0 Å². The molecule has 1 saturated heterocycles. The molecule has 0 radical (unpaired) electrons. The van der Waals surface area contributed by atoms with Crippen molar-refractivity contribution in [3.63, 3.8) is 0 Å². The van der Waals surface area contributed by atoms with E-state index in [1.807, 2.05) is 0 Å². The van der Waals surface area contributed by atoms with Crippen molar-refractivity contribution in [2.24, 2.45) is 5.89 Å². The highest BCUT2D eigenvalue weighted by Gasteiger charge is 2.35. The molecule has 0 aliphatic carbocycles. The molecule has 0 bridgehead atoms. The Labute approximate surface area is 302 Å². The Bertz CT molecular complexity index is 2300. The first kappa shape index (κ1) is 16.0. The van der Waals surface area contributed by atoms with Gasteiger partial charge in [0.25, 0.3) is 5.91 Å². The minimum Gasteiger partial charge on any atom is -0.483 e. The normalized spacial score (nSPS) is 27.5. The van der Waals surface area contributed by atoms with E-state index in [4.69, 9.17) is 29.4 Å². The van der Waals surface area contributed by atoms with E-state index in [-0.39, 0.29) is 6.42 Å². The summed E-state index contributed by atoms with van der Waals surface area (Å²) < 4.78 is 183. The van der Waals surface area contributed by atoms with E-state index in [2.05, 4.69) is 5.32 Å². The first-order chi connectivity index (χ1) is 30.4. The van der Waals surface area contributed by atoms with Crippen LogP contribution in [0.2, 0.25) is 0 Å². The second kappa shape index (κ2) is 16.8. The molecule has 4 amide bonds. The van der Waals surface area contributed by atoms with Crippen molar-refractivity contribution in [1.82, 2.24) is 20.9 Å². The molecule has 3 aromatic carbocycles. The molecule has 0 saturated carbocycles. The minimum absolute atomic E-state index is 0.281. The van der Waals surface area contributed by atoms with Crippen LogP contribution in [0.25, 0.3) is 0 Å². The van der Waals surface area contributed by atoms with E-state index < -0.39 is 141 Å². The second-order valence-corrected chi connectivity index (χ2v) is 10.2. The van der Waals surface area contributed by atoms with Crippen LogP contribution in [0.4, 0.5) is 4.79 Å². The zero-order valence-electron chi connectivity index (χ0n) is 46.0. The summed E-state index contributed by atoms with van der Waals surface area (Å²) in [5.74, 6) is -7.84. The van der Waals surface area contributed by atoms with Crippen molar-refractivity contribution in [3.05, 3.63) is 101 Å². The van der Waals surface area contributed by atoms with Crippen LogP contribution in [0.5, 0.6) is 5.75 Å². The molecule has 9 nitrogen and oxygen atoms in total. The first-order valence-electron chi connectivity index (χ1n) is 24.6. The number of nitrogens with one attached hydrogen (secondary N) is 3. The van der Waals surface area contributed by atoms with E-state index in [0.29, 0.717) is 22.4 Å². The standard InChI is InChI=1S/C37H48N4O5/c1-25(2)34(41-20-12-19-38-37(41)45)36(44)39-30(21-28-15-7-5-8-16-28)23-32(42)31(22-29-17-9-6-10-18-29)40-33(43)24-46-35-26(3)13-11-14-27(35)4/h5-11,13-18,25,30-32,34,42H,12,19-24H2,1-4H3,(H,38,45)(H,39,44)(H,40,43)/t30-,31-,32-,34-/m0/s1/i1D3,2D3,5D,7D,8D,12D2,15D,16D,19D2,20D2,21D2,25D,34D. The highest BCUT2D eigenvalue weighted by molar-refractivity contribution is 5.87.